The fourth-order valence-electron chi connectivity index (χ4n) is 3.74. The molecule has 2 N–H and O–H groups in total. The van der Waals surface area contributed by atoms with Crippen LogP contribution >= 0.6 is 0 Å². The van der Waals surface area contributed by atoms with Gasteiger partial charge in [0, 0.05) is 11.3 Å². The van der Waals surface area contributed by atoms with Gasteiger partial charge >= 0.3 is 0 Å². The molecule has 0 bridgehead atoms. The number of fused-ring (bicyclic) bond motifs is 2. The number of amides is 1. The second-order valence-corrected chi connectivity index (χ2v) is 6.42. The number of aromatic nitrogens is 2. The van der Waals surface area contributed by atoms with Crippen LogP contribution in [0.5, 0.6) is 0 Å². The van der Waals surface area contributed by atoms with Crippen LogP contribution in [0.3, 0.4) is 0 Å². The van der Waals surface area contributed by atoms with E-state index < -0.39 is 0 Å². The molecular weight excluding hydrogens is 276 g/mol. The lowest BCUT2D eigenvalue weighted by Crippen LogP contribution is -2.32. The monoisotopic (exact) mass is 296 g/mol. The van der Waals surface area contributed by atoms with Gasteiger partial charge in [0.25, 0.3) is 0 Å². The molecule has 4 rings (SSSR count). The Morgan fingerprint density at radius 2 is 2.00 bits per heavy atom. The Kier molecular flexibility index (Phi) is 3.11. The molecule has 0 spiro atoms. The van der Waals surface area contributed by atoms with E-state index in [0.717, 1.165) is 35.5 Å². The zero-order chi connectivity index (χ0) is 15.3. The first-order valence-corrected chi connectivity index (χ1v) is 7.89. The fraction of sp³-hybridized carbons (Fsp3) is 0.471. The summed E-state index contributed by atoms with van der Waals surface area (Å²) in [7, 11) is 0. The average Bonchev–Trinajstić information content (AvgIpc) is 2.99. The summed E-state index contributed by atoms with van der Waals surface area (Å²) in [5.74, 6) is 2.18. The number of nitrogens with zero attached hydrogens (tertiary/aromatic N) is 2. The molecule has 2 aromatic rings. The number of carbonyl (C=O) groups is 1. The maximum atomic E-state index is 12.4. The van der Waals surface area contributed by atoms with Gasteiger partial charge in [0.2, 0.25) is 5.91 Å². The molecule has 2 aliphatic rings. The van der Waals surface area contributed by atoms with Crippen molar-refractivity contribution in [2.24, 2.45) is 17.8 Å². The standard InChI is InChI=1S/C17H20N4O/c1-9(19-17(22)15-12-7-18-8-13(12)15)16-11-5-3-4-6-14(11)20-10(2)21-16/h3-6,9,12-13,15,18H,7-8H2,1-2H3,(H,19,22). The van der Waals surface area contributed by atoms with E-state index in [1.165, 1.54) is 0 Å². The van der Waals surface area contributed by atoms with Crippen molar-refractivity contribution in [3.8, 4) is 0 Å². The molecule has 3 atom stereocenters. The van der Waals surface area contributed by atoms with Gasteiger partial charge in [-0.05, 0) is 44.8 Å². The zero-order valence-corrected chi connectivity index (χ0v) is 12.8. The number of piperidine rings is 1. The third-order valence-electron chi connectivity index (χ3n) is 4.91. The lowest BCUT2D eigenvalue weighted by molar-refractivity contribution is -0.123. The third kappa shape index (κ3) is 2.16. The Labute approximate surface area is 129 Å². The van der Waals surface area contributed by atoms with Crippen molar-refractivity contribution in [3.63, 3.8) is 0 Å². The highest BCUT2D eigenvalue weighted by Gasteiger charge is 2.56. The molecule has 1 aromatic heterocycles. The number of carbonyl (C=O) groups excluding carboxylic acids is 1. The molecule has 1 saturated carbocycles. The molecule has 22 heavy (non-hydrogen) atoms. The second-order valence-electron chi connectivity index (χ2n) is 6.42. The number of hydrogen-bond donors (Lipinski definition) is 2. The van der Waals surface area contributed by atoms with Gasteiger partial charge in [-0.3, -0.25) is 4.79 Å². The van der Waals surface area contributed by atoms with Crippen LogP contribution in [0.2, 0.25) is 0 Å². The SMILES string of the molecule is Cc1nc(C(C)NC(=O)C2C3CNCC32)c2ccccc2n1. The molecule has 1 aliphatic carbocycles. The molecule has 114 valence electrons. The van der Waals surface area contributed by atoms with Crippen molar-refractivity contribution in [2.75, 3.05) is 13.1 Å². The van der Waals surface area contributed by atoms with Crippen LogP contribution in [0.15, 0.2) is 24.3 Å². The summed E-state index contributed by atoms with van der Waals surface area (Å²) >= 11 is 0. The van der Waals surface area contributed by atoms with Crippen molar-refractivity contribution in [1.29, 1.82) is 0 Å². The molecule has 5 nitrogen and oxygen atoms in total. The van der Waals surface area contributed by atoms with Gasteiger partial charge in [0.15, 0.2) is 0 Å². The molecule has 1 aliphatic heterocycles. The molecule has 3 unspecified atom stereocenters. The number of hydrogen-bond acceptors (Lipinski definition) is 4. The van der Waals surface area contributed by atoms with Crippen molar-refractivity contribution in [2.45, 2.75) is 19.9 Å². The molecule has 1 saturated heterocycles. The number of rotatable bonds is 3. The van der Waals surface area contributed by atoms with Gasteiger partial charge in [-0.1, -0.05) is 18.2 Å². The van der Waals surface area contributed by atoms with E-state index in [1.54, 1.807) is 0 Å². The molecule has 2 heterocycles. The van der Waals surface area contributed by atoms with Crippen LogP contribution in [0.4, 0.5) is 0 Å². The second kappa shape index (κ2) is 5.02. The molecule has 1 aromatic carbocycles. The van der Waals surface area contributed by atoms with Crippen LogP contribution in [-0.2, 0) is 4.79 Å². The van der Waals surface area contributed by atoms with E-state index in [-0.39, 0.29) is 17.9 Å². The topological polar surface area (TPSA) is 66.9 Å². The fourth-order valence-corrected chi connectivity index (χ4v) is 3.74. The highest BCUT2D eigenvalue weighted by Crippen LogP contribution is 2.48. The summed E-state index contributed by atoms with van der Waals surface area (Å²) in [5.41, 5.74) is 1.83. The van der Waals surface area contributed by atoms with E-state index in [2.05, 4.69) is 20.6 Å². The maximum absolute atomic E-state index is 12.4. The molecular formula is C17H20N4O. The Hall–Kier alpha value is -2.01. The minimum atomic E-state index is -0.103. The summed E-state index contributed by atoms with van der Waals surface area (Å²) in [6.45, 7) is 5.85. The van der Waals surface area contributed by atoms with E-state index in [1.807, 2.05) is 38.1 Å². The Morgan fingerprint density at radius 1 is 1.27 bits per heavy atom. The van der Waals surface area contributed by atoms with Gasteiger partial charge < -0.3 is 10.6 Å². The molecule has 1 amide bonds. The summed E-state index contributed by atoms with van der Waals surface area (Å²) < 4.78 is 0. The average molecular weight is 296 g/mol. The number of benzene rings is 1. The van der Waals surface area contributed by atoms with Gasteiger partial charge in [-0.25, -0.2) is 9.97 Å². The Balaban J connectivity index is 1.57. The predicted molar refractivity (Wildman–Crippen MR) is 84.2 cm³/mol. The quantitative estimate of drug-likeness (QED) is 0.902. The summed E-state index contributed by atoms with van der Waals surface area (Å²) in [6.07, 6.45) is 0. The first-order chi connectivity index (χ1) is 10.6. The summed E-state index contributed by atoms with van der Waals surface area (Å²) in [6, 6.07) is 7.85. The third-order valence-corrected chi connectivity index (χ3v) is 4.91. The first kappa shape index (κ1) is 13.6. The highest BCUT2D eigenvalue weighted by molar-refractivity contribution is 5.85. The summed E-state index contributed by atoms with van der Waals surface area (Å²) in [5, 5.41) is 7.48. The highest BCUT2D eigenvalue weighted by atomic mass is 16.2. The van der Waals surface area contributed by atoms with Gasteiger partial charge in [0.05, 0.1) is 17.3 Å². The van der Waals surface area contributed by atoms with Crippen molar-refractivity contribution >= 4 is 16.8 Å². The smallest absolute Gasteiger partial charge is 0.224 e. The Bertz CT molecular complexity index is 735. The first-order valence-electron chi connectivity index (χ1n) is 7.89. The van der Waals surface area contributed by atoms with Crippen molar-refractivity contribution < 1.29 is 4.79 Å². The van der Waals surface area contributed by atoms with E-state index in [0.29, 0.717) is 11.8 Å². The van der Waals surface area contributed by atoms with E-state index in [9.17, 15) is 4.79 Å². The minimum absolute atomic E-state index is 0.103. The van der Waals surface area contributed by atoms with Gasteiger partial charge in [0.1, 0.15) is 5.82 Å². The molecule has 0 radical (unpaired) electrons. The summed E-state index contributed by atoms with van der Waals surface area (Å²) in [4.78, 5) is 21.5. The van der Waals surface area contributed by atoms with Crippen LogP contribution in [0.1, 0.15) is 24.5 Å². The lowest BCUT2D eigenvalue weighted by atomic mass is 10.1. The number of nitrogens with one attached hydrogen (secondary N) is 2. The number of aryl methyl sites for hydroxylation is 1. The van der Waals surface area contributed by atoms with Crippen LogP contribution in [-0.4, -0.2) is 29.0 Å². The van der Waals surface area contributed by atoms with E-state index >= 15 is 0 Å². The molecule has 5 heteroatoms. The van der Waals surface area contributed by atoms with Crippen molar-refractivity contribution in [1.82, 2.24) is 20.6 Å². The zero-order valence-electron chi connectivity index (χ0n) is 12.8. The van der Waals surface area contributed by atoms with Crippen LogP contribution < -0.4 is 10.6 Å². The number of para-hydroxylation sites is 1. The lowest BCUT2D eigenvalue weighted by Gasteiger charge is -2.16. The normalized spacial score (nSPS) is 27.5. The largest absolute Gasteiger partial charge is 0.348 e. The van der Waals surface area contributed by atoms with Crippen molar-refractivity contribution in [3.05, 3.63) is 35.8 Å². The van der Waals surface area contributed by atoms with Crippen LogP contribution in [0, 0.1) is 24.7 Å². The Morgan fingerprint density at radius 3 is 2.77 bits per heavy atom. The minimum Gasteiger partial charge on any atom is -0.348 e. The van der Waals surface area contributed by atoms with Gasteiger partial charge in [-0.15, -0.1) is 0 Å². The van der Waals surface area contributed by atoms with E-state index in [4.69, 9.17) is 0 Å². The van der Waals surface area contributed by atoms with Gasteiger partial charge in [-0.2, -0.15) is 0 Å². The van der Waals surface area contributed by atoms with Crippen LogP contribution in [0.25, 0.3) is 10.9 Å². The predicted octanol–water partition coefficient (Wildman–Crippen LogP) is 1.58. The molecule has 2 fully saturated rings. The maximum Gasteiger partial charge on any atom is 0.224 e.